The van der Waals surface area contributed by atoms with Gasteiger partial charge in [-0.25, -0.2) is 4.79 Å². The summed E-state index contributed by atoms with van der Waals surface area (Å²) in [6.07, 6.45) is 10.1. The predicted octanol–water partition coefficient (Wildman–Crippen LogP) is 4.36. The molecular formula is C23H21NO3. The van der Waals surface area contributed by atoms with Crippen LogP contribution in [0.4, 0.5) is 0 Å². The largest absolute Gasteiger partial charge is 0.456 e. The topological polar surface area (TPSA) is 61.5 Å². The van der Waals surface area contributed by atoms with Crippen molar-refractivity contribution in [2.45, 2.75) is 12.5 Å². The van der Waals surface area contributed by atoms with Gasteiger partial charge in [-0.05, 0) is 19.1 Å². The monoisotopic (exact) mass is 359 g/mol. The van der Waals surface area contributed by atoms with Crippen LogP contribution in [0.15, 0.2) is 109 Å². The van der Waals surface area contributed by atoms with E-state index in [0.29, 0.717) is 33.9 Å². The second-order valence-electron chi connectivity index (χ2n) is 6.09. The molecule has 3 rings (SSSR count). The van der Waals surface area contributed by atoms with Crippen LogP contribution in [0.3, 0.4) is 0 Å². The van der Waals surface area contributed by atoms with E-state index in [1.807, 2.05) is 37.3 Å². The summed E-state index contributed by atoms with van der Waals surface area (Å²) in [7, 11) is 0. The Morgan fingerprint density at radius 1 is 1.15 bits per heavy atom. The Morgan fingerprint density at radius 2 is 1.85 bits per heavy atom. The van der Waals surface area contributed by atoms with Gasteiger partial charge in [0.25, 0.3) is 0 Å². The quantitative estimate of drug-likeness (QED) is 0.643. The number of carbonyl (C=O) groups is 1. The summed E-state index contributed by atoms with van der Waals surface area (Å²) in [5.41, 5.74) is 7.46. The van der Waals surface area contributed by atoms with E-state index in [0.717, 1.165) is 5.56 Å². The van der Waals surface area contributed by atoms with Gasteiger partial charge >= 0.3 is 5.97 Å². The Bertz CT molecular complexity index is 975. The van der Waals surface area contributed by atoms with Crippen LogP contribution in [-0.2, 0) is 15.1 Å². The molecule has 1 unspecified atom stereocenters. The number of carbonyl (C=O) groups excluding carboxylic acids is 1. The molecule has 1 aromatic carbocycles. The highest BCUT2D eigenvalue weighted by atomic mass is 16.6. The first-order chi connectivity index (χ1) is 13.0. The molecule has 2 aliphatic rings. The van der Waals surface area contributed by atoms with E-state index in [1.54, 1.807) is 30.4 Å². The number of hydrogen-bond donors (Lipinski definition) is 1. The van der Waals surface area contributed by atoms with Gasteiger partial charge in [0.2, 0.25) is 0 Å². The Hall–Kier alpha value is -3.53. The third kappa shape index (κ3) is 2.75. The molecule has 2 heterocycles. The van der Waals surface area contributed by atoms with Crippen molar-refractivity contribution in [1.29, 1.82) is 0 Å². The van der Waals surface area contributed by atoms with Crippen molar-refractivity contribution in [1.82, 2.24) is 0 Å². The lowest BCUT2D eigenvalue weighted by atomic mass is 9.75. The standard InChI is InChI=1S/C23H21NO3/c1-5-10-16-18(11-6-2)23(27-22(16)25)17(7-3)21(14-15(4)24)26-20-13-9-8-12-19(20)23/h5-14H,1-2,4,24H2,3H3/b16-10+,17-7+,18-11+,21-14+. The summed E-state index contributed by atoms with van der Waals surface area (Å²) in [6, 6.07) is 7.44. The molecule has 1 fully saturated rings. The molecule has 136 valence electrons. The minimum Gasteiger partial charge on any atom is -0.456 e. The zero-order valence-electron chi connectivity index (χ0n) is 15.2. The van der Waals surface area contributed by atoms with Crippen molar-refractivity contribution in [3.63, 3.8) is 0 Å². The van der Waals surface area contributed by atoms with Gasteiger partial charge in [-0.2, -0.15) is 0 Å². The Kier molecular flexibility index (Phi) is 4.74. The lowest BCUT2D eigenvalue weighted by molar-refractivity contribution is -0.143. The molecule has 2 N–H and O–H groups in total. The normalized spacial score (nSPS) is 26.9. The molecule has 4 nitrogen and oxygen atoms in total. The number of esters is 1. The van der Waals surface area contributed by atoms with Crippen LogP contribution >= 0.6 is 0 Å². The number of benzene rings is 1. The van der Waals surface area contributed by atoms with Crippen LogP contribution in [0.1, 0.15) is 12.5 Å². The zero-order valence-corrected chi connectivity index (χ0v) is 15.2. The molecule has 0 radical (unpaired) electrons. The fraction of sp³-hybridized carbons (Fsp3) is 0.0870. The van der Waals surface area contributed by atoms with Gasteiger partial charge in [0.05, 0.1) is 5.57 Å². The molecular weight excluding hydrogens is 338 g/mol. The van der Waals surface area contributed by atoms with Gasteiger partial charge in [0, 0.05) is 28.5 Å². The molecule has 1 saturated heterocycles. The Labute approximate surface area is 159 Å². The third-order valence-corrected chi connectivity index (χ3v) is 4.44. The van der Waals surface area contributed by atoms with Crippen LogP contribution in [0.25, 0.3) is 0 Å². The van der Waals surface area contributed by atoms with Crippen LogP contribution in [-0.4, -0.2) is 5.97 Å². The van der Waals surface area contributed by atoms with Crippen molar-refractivity contribution >= 4 is 5.97 Å². The maximum Gasteiger partial charge on any atom is 0.340 e. The number of nitrogens with two attached hydrogens (primary N) is 1. The maximum atomic E-state index is 12.8. The van der Waals surface area contributed by atoms with Crippen molar-refractivity contribution in [3.8, 4) is 5.75 Å². The molecule has 27 heavy (non-hydrogen) atoms. The number of hydrogen-bond acceptors (Lipinski definition) is 4. The lowest BCUT2D eigenvalue weighted by Crippen LogP contribution is -2.36. The number of allylic oxidation sites excluding steroid dienone is 6. The van der Waals surface area contributed by atoms with Crippen molar-refractivity contribution < 1.29 is 14.3 Å². The van der Waals surface area contributed by atoms with E-state index in [2.05, 4.69) is 19.7 Å². The van der Waals surface area contributed by atoms with Crippen LogP contribution in [0, 0.1) is 0 Å². The zero-order chi connectivity index (χ0) is 19.6. The van der Waals surface area contributed by atoms with Crippen molar-refractivity contribution in [3.05, 3.63) is 114 Å². The fourth-order valence-corrected chi connectivity index (χ4v) is 3.51. The number of para-hydroxylation sites is 1. The third-order valence-electron chi connectivity index (χ3n) is 4.44. The van der Waals surface area contributed by atoms with E-state index in [1.165, 1.54) is 0 Å². The highest BCUT2D eigenvalue weighted by Crippen LogP contribution is 2.56. The molecule has 0 bridgehead atoms. The van der Waals surface area contributed by atoms with Crippen molar-refractivity contribution in [2.75, 3.05) is 0 Å². The minimum atomic E-state index is -1.16. The second kappa shape index (κ2) is 7.00. The number of ether oxygens (including phenoxy) is 2. The van der Waals surface area contributed by atoms with E-state index in [-0.39, 0.29) is 0 Å². The van der Waals surface area contributed by atoms with Gasteiger partial charge in [0.15, 0.2) is 5.60 Å². The maximum absolute atomic E-state index is 12.8. The van der Waals surface area contributed by atoms with Crippen LogP contribution in [0.5, 0.6) is 5.75 Å². The van der Waals surface area contributed by atoms with E-state index >= 15 is 0 Å². The summed E-state index contributed by atoms with van der Waals surface area (Å²) >= 11 is 0. The molecule has 0 amide bonds. The van der Waals surface area contributed by atoms with Gasteiger partial charge in [-0.1, -0.05) is 62.2 Å². The molecule has 4 heteroatoms. The van der Waals surface area contributed by atoms with Gasteiger partial charge in [0.1, 0.15) is 11.5 Å². The molecule has 0 saturated carbocycles. The van der Waals surface area contributed by atoms with Crippen LogP contribution in [0.2, 0.25) is 0 Å². The van der Waals surface area contributed by atoms with Gasteiger partial charge in [-0.3, -0.25) is 0 Å². The average molecular weight is 359 g/mol. The summed E-state index contributed by atoms with van der Waals surface area (Å²) < 4.78 is 12.1. The molecule has 1 spiro atoms. The first-order valence-electron chi connectivity index (χ1n) is 8.49. The van der Waals surface area contributed by atoms with Gasteiger partial charge in [-0.15, -0.1) is 0 Å². The van der Waals surface area contributed by atoms with E-state index < -0.39 is 11.6 Å². The molecule has 0 aromatic heterocycles. The Balaban J connectivity index is 2.43. The van der Waals surface area contributed by atoms with E-state index in [9.17, 15) is 4.79 Å². The van der Waals surface area contributed by atoms with Gasteiger partial charge < -0.3 is 15.2 Å². The average Bonchev–Trinajstić information content (AvgIpc) is 2.89. The predicted molar refractivity (Wildman–Crippen MR) is 107 cm³/mol. The minimum absolute atomic E-state index is 0.333. The first kappa shape index (κ1) is 18.3. The molecule has 1 atom stereocenters. The van der Waals surface area contributed by atoms with E-state index in [4.69, 9.17) is 15.2 Å². The number of fused-ring (bicyclic) bond motifs is 2. The lowest BCUT2D eigenvalue weighted by Gasteiger charge is -2.38. The summed E-state index contributed by atoms with van der Waals surface area (Å²) in [5, 5.41) is 0. The smallest absolute Gasteiger partial charge is 0.340 e. The summed E-state index contributed by atoms with van der Waals surface area (Å²) in [4.78, 5) is 12.8. The SMILES string of the molecule is C=C/C=C1/C(=O)OC2(C(=C/C)/C(=C\C(=C)N)Oc3ccccc32)/C1=C/C=C. The Morgan fingerprint density at radius 3 is 2.48 bits per heavy atom. The molecule has 1 aromatic rings. The van der Waals surface area contributed by atoms with Crippen LogP contribution < -0.4 is 10.5 Å². The number of rotatable bonds is 3. The highest BCUT2D eigenvalue weighted by molar-refractivity contribution is 6.00. The first-order valence-corrected chi connectivity index (χ1v) is 8.49. The van der Waals surface area contributed by atoms with Crippen molar-refractivity contribution in [2.24, 2.45) is 5.73 Å². The molecule has 2 aliphatic heterocycles. The molecule has 0 aliphatic carbocycles. The summed E-state index contributed by atoms with van der Waals surface area (Å²) in [5.74, 6) is 0.620. The fourth-order valence-electron chi connectivity index (χ4n) is 3.51. The second-order valence-corrected chi connectivity index (χ2v) is 6.09. The highest BCUT2D eigenvalue weighted by Gasteiger charge is 2.56. The summed E-state index contributed by atoms with van der Waals surface area (Å²) in [6.45, 7) is 13.1.